The van der Waals surface area contributed by atoms with E-state index in [4.69, 9.17) is 18.0 Å². The van der Waals surface area contributed by atoms with Crippen LogP contribution in [0, 0.1) is 0 Å². The lowest BCUT2D eigenvalue weighted by molar-refractivity contribution is 0.0317. The van der Waals surface area contributed by atoms with Gasteiger partial charge >= 0.3 is 8.72 Å². The molecule has 1 aliphatic rings. The molecule has 0 aromatic heterocycles. The Bertz CT molecular complexity index is 267. The SMILES string of the molecule is CCO[Si](CC[Si](C)(C)OC)(OCC)N1CCOCC1. The Morgan fingerprint density at radius 2 is 1.55 bits per heavy atom. The van der Waals surface area contributed by atoms with E-state index in [-0.39, 0.29) is 0 Å². The van der Waals surface area contributed by atoms with Crippen LogP contribution in [-0.2, 0) is 18.0 Å². The van der Waals surface area contributed by atoms with E-state index in [2.05, 4.69) is 31.5 Å². The molecule has 0 aliphatic carbocycles. The maximum atomic E-state index is 6.20. The van der Waals surface area contributed by atoms with Gasteiger partial charge in [0.15, 0.2) is 8.32 Å². The van der Waals surface area contributed by atoms with Crippen molar-refractivity contribution in [1.29, 1.82) is 0 Å². The van der Waals surface area contributed by atoms with E-state index >= 15 is 0 Å². The van der Waals surface area contributed by atoms with Gasteiger partial charge in [-0.2, -0.15) is 0 Å². The zero-order valence-electron chi connectivity index (χ0n) is 13.7. The first-order valence-corrected chi connectivity index (χ1v) is 12.7. The summed E-state index contributed by atoms with van der Waals surface area (Å²) in [7, 11) is -2.08. The number of rotatable bonds is 9. The minimum absolute atomic E-state index is 0.707. The van der Waals surface area contributed by atoms with Crippen molar-refractivity contribution in [3.63, 3.8) is 0 Å². The van der Waals surface area contributed by atoms with Crippen LogP contribution in [0.1, 0.15) is 13.8 Å². The molecule has 0 bridgehead atoms. The smallest absolute Gasteiger partial charge is 0.420 e. The molecule has 1 fully saturated rings. The fourth-order valence-electron chi connectivity index (χ4n) is 2.44. The first-order chi connectivity index (χ1) is 9.49. The van der Waals surface area contributed by atoms with Crippen LogP contribution in [0.15, 0.2) is 0 Å². The van der Waals surface area contributed by atoms with Crippen molar-refractivity contribution >= 4 is 17.0 Å². The van der Waals surface area contributed by atoms with Gasteiger partial charge in [0.25, 0.3) is 0 Å². The number of morpholine rings is 1. The van der Waals surface area contributed by atoms with Gasteiger partial charge in [0.05, 0.1) is 13.2 Å². The van der Waals surface area contributed by atoms with Gasteiger partial charge in [-0.3, -0.25) is 4.57 Å². The molecule has 0 spiro atoms. The Morgan fingerprint density at radius 1 is 1.00 bits per heavy atom. The summed E-state index contributed by atoms with van der Waals surface area (Å²) in [6.45, 7) is 13.4. The van der Waals surface area contributed by atoms with Crippen molar-refractivity contribution in [3.05, 3.63) is 0 Å². The molecule has 0 amide bonds. The minimum Gasteiger partial charge on any atom is -0.420 e. The first-order valence-electron chi connectivity index (χ1n) is 7.65. The molecule has 120 valence electrons. The van der Waals surface area contributed by atoms with Gasteiger partial charge in [-0.25, -0.2) is 0 Å². The van der Waals surface area contributed by atoms with Crippen LogP contribution >= 0.6 is 0 Å². The quantitative estimate of drug-likeness (QED) is 0.609. The van der Waals surface area contributed by atoms with Crippen molar-refractivity contribution in [3.8, 4) is 0 Å². The lowest BCUT2D eigenvalue weighted by atomic mass is 10.5. The summed E-state index contributed by atoms with van der Waals surface area (Å²) in [5.74, 6) is 0. The van der Waals surface area contributed by atoms with E-state index in [0.717, 1.165) is 38.4 Å². The van der Waals surface area contributed by atoms with E-state index in [0.29, 0.717) is 13.2 Å². The maximum absolute atomic E-state index is 6.20. The monoisotopic (exact) mass is 321 g/mol. The molecule has 1 aliphatic heterocycles. The molecular formula is C13H31NO4Si2. The summed E-state index contributed by atoms with van der Waals surface area (Å²) in [6.07, 6.45) is 0. The predicted molar refractivity (Wildman–Crippen MR) is 85.5 cm³/mol. The molecule has 0 atom stereocenters. The largest absolute Gasteiger partial charge is 0.427 e. The molecule has 5 nitrogen and oxygen atoms in total. The van der Waals surface area contributed by atoms with Crippen LogP contribution in [0.3, 0.4) is 0 Å². The Morgan fingerprint density at radius 3 is 2.00 bits per heavy atom. The summed E-state index contributed by atoms with van der Waals surface area (Å²) in [5.41, 5.74) is 0. The van der Waals surface area contributed by atoms with E-state index in [1.807, 2.05) is 7.11 Å². The van der Waals surface area contributed by atoms with Crippen LogP contribution in [0.2, 0.25) is 25.2 Å². The second-order valence-corrected chi connectivity index (χ2v) is 13.2. The van der Waals surface area contributed by atoms with Crippen LogP contribution < -0.4 is 0 Å². The lowest BCUT2D eigenvalue weighted by Gasteiger charge is -2.42. The van der Waals surface area contributed by atoms with E-state index in [1.165, 1.54) is 0 Å². The zero-order chi connectivity index (χ0) is 15.1. The highest BCUT2D eigenvalue weighted by Gasteiger charge is 2.46. The molecule has 20 heavy (non-hydrogen) atoms. The number of ether oxygens (including phenoxy) is 1. The van der Waals surface area contributed by atoms with Crippen LogP contribution in [0.4, 0.5) is 0 Å². The fraction of sp³-hybridized carbons (Fsp3) is 1.00. The highest BCUT2D eigenvalue weighted by atomic mass is 28.4. The number of nitrogens with zero attached hydrogens (tertiary/aromatic N) is 1. The summed E-state index contributed by atoms with van der Waals surface area (Å²) in [4.78, 5) is 0. The van der Waals surface area contributed by atoms with Gasteiger partial charge < -0.3 is 18.0 Å². The van der Waals surface area contributed by atoms with Gasteiger partial charge in [-0.15, -0.1) is 0 Å². The topological polar surface area (TPSA) is 40.2 Å². The van der Waals surface area contributed by atoms with Gasteiger partial charge in [-0.1, -0.05) is 0 Å². The fourth-order valence-corrected chi connectivity index (χ4v) is 9.14. The molecule has 0 aromatic rings. The van der Waals surface area contributed by atoms with Crippen molar-refractivity contribution in [2.45, 2.75) is 39.0 Å². The molecule has 1 saturated heterocycles. The first kappa shape index (κ1) is 18.3. The summed E-state index contributed by atoms with van der Waals surface area (Å²) in [6, 6.07) is 2.06. The molecule has 0 aromatic carbocycles. The number of hydrogen-bond donors (Lipinski definition) is 0. The Labute approximate surface area is 126 Å². The second kappa shape index (κ2) is 8.62. The average Bonchev–Trinajstić information content (AvgIpc) is 2.46. The highest BCUT2D eigenvalue weighted by Crippen LogP contribution is 2.26. The third kappa shape index (κ3) is 5.21. The minimum atomic E-state index is -2.31. The van der Waals surface area contributed by atoms with Crippen molar-refractivity contribution in [1.82, 2.24) is 4.57 Å². The number of hydrogen-bond acceptors (Lipinski definition) is 5. The molecule has 1 heterocycles. The molecule has 0 N–H and O–H groups in total. The highest BCUT2D eigenvalue weighted by molar-refractivity contribution is 6.74. The Hall–Kier alpha value is 0.234. The molecule has 7 heteroatoms. The third-order valence-electron chi connectivity index (χ3n) is 3.83. The molecular weight excluding hydrogens is 290 g/mol. The van der Waals surface area contributed by atoms with Crippen molar-refractivity contribution in [2.24, 2.45) is 0 Å². The van der Waals surface area contributed by atoms with Crippen LogP contribution in [-0.4, -0.2) is 68.2 Å². The average molecular weight is 322 g/mol. The van der Waals surface area contributed by atoms with Gasteiger partial charge in [0, 0.05) is 39.5 Å². The zero-order valence-corrected chi connectivity index (χ0v) is 15.7. The normalized spacial score (nSPS) is 18.4. The summed E-state index contributed by atoms with van der Waals surface area (Å²) >= 11 is 0. The summed E-state index contributed by atoms with van der Waals surface area (Å²) < 4.78 is 26.0. The van der Waals surface area contributed by atoms with E-state index in [9.17, 15) is 0 Å². The molecule has 1 rings (SSSR count). The molecule has 0 radical (unpaired) electrons. The second-order valence-electron chi connectivity index (χ2n) is 5.64. The summed E-state index contributed by atoms with van der Waals surface area (Å²) in [5, 5.41) is 0. The van der Waals surface area contributed by atoms with Gasteiger partial charge in [0.1, 0.15) is 0 Å². The van der Waals surface area contributed by atoms with Crippen molar-refractivity contribution < 1.29 is 18.0 Å². The van der Waals surface area contributed by atoms with Crippen LogP contribution in [0.5, 0.6) is 0 Å². The van der Waals surface area contributed by atoms with Crippen molar-refractivity contribution in [2.75, 3.05) is 46.6 Å². The molecule has 0 unspecified atom stereocenters. The lowest BCUT2D eigenvalue weighted by Crippen LogP contribution is -2.62. The van der Waals surface area contributed by atoms with E-state index in [1.54, 1.807) is 0 Å². The Kier molecular flexibility index (Phi) is 7.88. The molecule has 0 saturated carbocycles. The maximum Gasteiger partial charge on any atom is 0.427 e. The Balaban J connectivity index is 2.79. The standard InChI is InChI=1S/C13H31NO4Si2/c1-6-17-20(18-7-2,13-12-19(4,5)15-3)14-8-10-16-11-9-14/h6-13H2,1-5H3. The van der Waals surface area contributed by atoms with Gasteiger partial charge in [-0.05, 0) is 33.0 Å². The third-order valence-corrected chi connectivity index (χ3v) is 10.7. The predicted octanol–water partition coefficient (Wildman–Crippen LogP) is 2.18. The van der Waals surface area contributed by atoms with Gasteiger partial charge in [0.2, 0.25) is 0 Å². The van der Waals surface area contributed by atoms with Crippen LogP contribution in [0.25, 0.3) is 0 Å². The van der Waals surface area contributed by atoms with E-state index < -0.39 is 17.0 Å².